The van der Waals surface area contributed by atoms with Crippen molar-refractivity contribution in [3.05, 3.63) is 59.2 Å². The highest BCUT2D eigenvalue weighted by Crippen LogP contribution is 2.33. The molecule has 3 N–H and O–H groups in total. The summed E-state index contributed by atoms with van der Waals surface area (Å²) in [7, 11) is 0. The highest BCUT2D eigenvalue weighted by molar-refractivity contribution is 5.94. The Morgan fingerprint density at radius 3 is 2.50 bits per heavy atom. The third-order valence-electron chi connectivity index (χ3n) is 4.13. The van der Waals surface area contributed by atoms with Crippen molar-refractivity contribution in [3.63, 3.8) is 0 Å². The van der Waals surface area contributed by atoms with Gasteiger partial charge < -0.3 is 20.5 Å². The van der Waals surface area contributed by atoms with E-state index in [0.717, 1.165) is 29.0 Å². The smallest absolute Gasteiger partial charge is 0.251 e. The van der Waals surface area contributed by atoms with Gasteiger partial charge >= 0.3 is 0 Å². The molecule has 0 aliphatic carbocycles. The lowest BCUT2D eigenvalue weighted by Crippen LogP contribution is -2.28. The maximum absolute atomic E-state index is 12.5. The number of fused-ring (bicyclic) bond motifs is 1. The third kappa shape index (κ3) is 3.51. The Balaban J connectivity index is 1.75. The molecule has 2 aromatic rings. The molecule has 1 heterocycles. The lowest BCUT2D eigenvalue weighted by molar-refractivity contribution is 0.0935. The van der Waals surface area contributed by atoms with Gasteiger partial charge in [-0.1, -0.05) is 25.1 Å². The monoisotopic (exact) mass is 326 g/mol. The van der Waals surface area contributed by atoms with E-state index in [1.54, 1.807) is 12.1 Å². The zero-order valence-electron chi connectivity index (χ0n) is 13.7. The predicted octanol–water partition coefficient (Wildman–Crippen LogP) is 2.80. The number of carbonyl (C=O) groups is 1. The largest absolute Gasteiger partial charge is 0.486 e. The molecule has 1 amide bonds. The number of nitrogens with two attached hydrogens (primary N) is 1. The van der Waals surface area contributed by atoms with Crippen LogP contribution in [0, 0.1) is 0 Å². The zero-order valence-corrected chi connectivity index (χ0v) is 13.7. The van der Waals surface area contributed by atoms with E-state index in [9.17, 15) is 4.79 Å². The van der Waals surface area contributed by atoms with Crippen LogP contribution in [-0.4, -0.2) is 19.1 Å². The minimum Gasteiger partial charge on any atom is -0.486 e. The molecule has 0 bridgehead atoms. The summed E-state index contributed by atoms with van der Waals surface area (Å²) in [6.45, 7) is 3.63. The third-order valence-corrected chi connectivity index (χ3v) is 4.13. The van der Waals surface area contributed by atoms with Crippen molar-refractivity contribution in [2.24, 2.45) is 5.73 Å². The fourth-order valence-corrected chi connectivity index (χ4v) is 2.73. The average Bonchev–Trinajstić information content (AvgIpc) is 2.65. The second-order valence-electron chi connectivity index (χ2n) is 5.74. The summed E-state index contributed by atoms with van der Waals surface area (Å²) >= 11 is 0. The molecule has 5 nitrogen and oxygen atoms in total. The molecular formula is C19H22N2O3. The first kappa shape index (κ1) is 16.3. The molecule has 0 fully saturated rings. The van der Waals surface area contributed by atoms with Crippen molar-refractivity contribution in [2.75, 3.05) is 13.2 Å². The van der Waals surface area contributed by atoms with E-state index >= 15 is 0 Å². The summed E-state index contributed by atoms with van der Waals surface area (Å²) in [4.78, 5) is 12.5. The number of carbonyl (C=O) groups excluding carboxylic acids is 1. The van der Waals surface area contributed by atoms with Crippen LogP contribution in [-0.2, 0) is 6.54 Å². The number of amides is 1. The van der Waals surface area contributed by atoms with E-state index in [-0.39, 0.29) is 11.9 Å². The van der Waals surface area contributed by atoms with Gasteiger partial charge in [0, 0.05) is 12.1 Å². The first-order chi connectivity index (χ1) is 11.7. The SMILES string of the molecule is CCC(NC(=O)c1ccc(CN)cc1)c1ccc2c(c1)OCCO2. The Morgan fingerprint density at radius 2 is 1.83 bits per heavy atom. The topological polar surface area (TPSA) is 73.6 Å². The maximum atomic E-state index is 12.5. The Hall–Kier alpha value is -2.53. The van der Waals surface area contributed by atoms with Gasteiger partial charge in [0.15, 0.2) is 11.5 Å². The van der Waals surface area contributed by atoms with Gasteiger partial charge in [-0.15, -0.1) is 0 Å². The number of hydrogen-bond acceptors (Lipinski definition) is 4. The molecule has 2 aromatic carbocycles. The summed E-state index contributed by atoms with van der Waals surface area (Å²) in [6, 6.07) is 13.1. The highest BCUT2D eigenvalue weighted by atomic mass is 16.6. The number of rotatable bonds is 5. The Labute approximate surface area is 141 Å². The van der Waals surface area contributed by atoms with Crippen LogP contribution < -0.4 is 20.5 Å². The van der Waals surface area contributed by atoms with Crippen molar-refractivity contribution < 1.29 is 14.3 Å². The van der Waals surface area contributed by atoms with Crippen LogP contribution in [0.4, 0.5) is 0 Å². The van der Waals surface area contributed by atoms with Crippen LogP contribution in [0.3, 0.4) is 0 Å². The summed E-state index contributed by atoms with van der Waals surface area (Å²) in [6.07, 6.45) is 0.784. The second-order valence-corrected chi connectivity index (χ2v) is 5.74. The van der Waals surface area contributed by atoms with Crippen LogP contribution in [0.25, 0.3) is 0 Å². The molecule has 1 aliphatic heterocycles. The second kappa shape index (κ2) is 7.36. The molecule has 126 valence electrons. The predicted molar refractivity (Wildman–Crippen MR) is 92.3 cm³/mol. The van der Waals surface area contributed by atoms with E-state index in [1.807, 2.05) is 37.3 Å². The Bertz CT molecular complexity index is 713. The van der Waals surface area contributed by atoms with Gasteiger partial charge in [0.1, 0.15) is 13.2 Å². The molecule has 0 saturated carbocycles. The van der Waals surface area contributed by atoms with E-state index in [1.165, 1.54) is 0 Å². The van der Waals surface area contributed by atoms with Gasteiger partial charge in [-0.05, 0) is 41.8 Å². The molecule has 5 heteroatoms. The molecule has 1 unspecified atom stereocenters. The standard InChI is InChI=1S/C19H22N2O3/c1-2-16(15-7-8-17-18(11-15)24-10-9-23-17)21-19(22)14-5-3-13(12-20)4-6-14/h3-8,11,16H,2,9-10,12,20H2,1H3,(H,21,22). The fourth-order valence-electron chi connectivity index (χ4n) is 2.73. The van der Waals surface area contributed by atoms with Crippen molar-refractivity contribution in [3.8, 4) is 11.5 Å². The van der Waals surface area contributed by atoms with Gasteiger partial charge in [-0.25, -0.2) is 0 Å². The summed E-state index contributed by atoms with van der Waals surface area (Å²) < 4.78 is 11.2. The molecule has 1 aliphatic rings. The Morgan fingerprint density at radius 1 is 1.12 bits per heavy atom. The van der Waals surface area contributed by atoms with Gasteiger partial charge in [0.2, 0.25) is 0 Å². The van der Waals surface area contributed by atoms with Crippen molar-refractivity contribution in [1.82, 2.24) is 5.32 Å². The Kier molecular flexibility index (Phi) is 5.01. The molecule has 0 saturated heterocycles. The van der Waals surface area contributed by atoms with Crippen LogP contribution in [0.2, 0.25) is 0 Å². The van der Waals surface area contributed by atoms with E-state index in [4.69, 9.17) is 15.2 Å². The highest BCUT2D eigenvalue weighted by Gasteiger charge is 2.18. The van der Waals surface area contributed by atoms with Crippen molar-refractivity contribution >= 4 is 5.91 Å². The quantitative estimate of drug-likeness (QED) is 0.886. The first-order valence-electron chi connectivity index (χ1n) is 8.20. The molecule has 0 spiro atoms. The molecule has 3 rings (SSSR count). The van der Waals surface area contributed by atoms with Crippen molar-refractivity contribution in [1.29, 1.82) is 0 Å². The van der Waals surface area contributed by atoms with Crippen LogP contribution >= 0.6 is 0 Å². The summed E-state index contributed by atoms with van der Waals surface area (Å²) in [5.41, 5.74) is 8.23. The fraction of sp³-hybridized carbons (Fsp3) is 0.316. The van der Waals surface area contributed by atoms with E-state index < -0.39 is 0 Å². The normalized spacial score (nSPS) is 14.1. The van der Waals surface area contributed by atoms with Gasteiger partial charge in [0.25, 0.3) is 5.91 Å². The van der Waals surface area contributed by atoms with Crippen LogP contribution in [0.15, 0.2) is 42.5 Å². The molecule has 0 aromatic heterocycles. The minimum absolute atomic E-state index is 0.0810. The zero-order chi connectivity index (χ0) is 16.9. The van der Waals surface area contributed by atoms with Gasteiger partial charge in [-0.2, -0.15) is 0 Å². The lowest BCUT2D eigenvalue weighted by Gasteiger charge is -2.22. The number of nitrogens with one attached hydrogen (secondary N) is 1. The molecular weight excluding hydrogens is 304 g/mol. The molecule has 24 heavy (non-hydrogen) atoms. The van der Waals surface area contributed by atoms with Gasteiger partial charge in [-0.3, -0.25) is 4.79 Å². The lowest BCUT2D eigenvalue weighted by atomic mass is 10.0. The van der Waals surface area contributed by atoms with Crippen LogP contribution in [0.1, 0.15) is 40.9 Å². The first-order valence-corrected chi connectivity index (χ1v) is 8.20. The minimum atomic E-state index is -0.0969. The number of ether oxygens (including phenoxy) is 2. The maximum Gasteiger partial charge on any atom is 0.251 e. The summed E-state index contributed by atoms with van der Waals surface area (Å²) in [5, 5.41) is 3.08. The molecule has 1 atom stereocenters. The summed E-state index contributed by atoms with van der Waals surface area (Å²) in [5.74, 6) is 1.39. The molecule has 0 radical (unpaired) electrons. The van der Waals surface area contributed by atoms with E-state index in [0.29, 0.717) is 25.3 Å². The number of hydrogen-bond donors (Lipinski definition) is 2. The van der Waals surface area contributed by atoms with Gasteiger partial charge in [0.05, 0.1) is 6.04 Å². The van der Waals surface area contributed by atoms with Crippen LogP contribution in [0.5, 0.6) is 11.5 Å². The van der Waals surface area contributed by atoms with E-state index in [2.05, 4.69) is 5.32 Å². The average molecular weight is 326 g/mol. The number of benzene rings is 2. The van der Waals surface area contributed by atoms with Crippen molar-refractivity contribution in [2.45, 2.75) is 25.9 Å².